The Bertz CT molecular complexity index is 437. The van der Waals surface area contributed by atoms with E-state index in [-0.39, 0.29) is 0 Å². The van der Waals surface area contributed by atoms with Crippen molar-refractivity contribution in [2.24, 2.45) is 0 Å². The second-order valence-corrected chi connectivity index (χ2v) is 5.46. The molecule has 0 spiro atoms. The molecule has 2 aliphatic rings. The molecule has 0 aromatic carbocycles. The van der Waals surface area contributed by atoms with Crippen LogP contribution in [0.5, 0.6) is 0 Å². The van der Waals surface area contributed by atoms with Crippen LogP contribution < -0.4 is 4.90 Å². The Morgan fingerprint density at radius 3 is 3.06 bits per heavy atom. The van der Waals surface area contributed by atoms with Gasteiger partial charge in [-0.2, -0.15) is 0 Å². The summed E-state index contributed by atoms with van der Waals surface area (Å²) in [5.41, 5.74) is 1.09. The number of halogens is 1. The predicted molar refractivity (Wildman–Crippen MR) is 73.2 cm³/mol. The van der Waals surface area contributed by atoms with Gasteiger partial charge in [-0.15, -0.1) is 0 Å². The van der Waals surface area contributed by atoms with E-state index in [9.17, 15) is 0 Å². The van der Waals surface area contributed by atoms with E-state index in [1.54, 1.807) is 6.33 Å². The van der Waals surface area contributed by atoms with E-state index in [0.29, 0.717) is 11.2 Å². The second-order valence-electron chi connectivity index (χ2n) is 5.10. The SMILES string of the molecule is CCc1c(Cl)ncnc1N1CCN2CCCC2C1. The molecule has 1 atom stereocenters. The first-order valence-electron chi connectivity index (χ1n) is 6.78. The Hall–Kier alpha value is -0.870. The number of fused-ring (bicyclic) bond motifs is 1. The van der Waals surface area contributed by atoms with Crippen LogP contribution in [0.15, 0.2) is 6.33 Å². The minimum atomic E-state index is 0.608. The van der Waals surface area contributed by atoms with Crippen molar-refractivity contribution < 1.29 is 0 Å². The minimum absolute atomic E-state index is 0.608. The van der Waals surface area contributed by atoms with Gasteiger partial charge in [0.15, 0.2) is 0 Å². The topological polar surface area (TPSA) is 32.3 Å². The average Bonchev–Trinajstić information content (AvgIpc) is 2.85. The molecule has 0 saturated carbocycles. The zero-order valence-electron chi connectivity index (χ0n) is 10.8. The van der Waals surface area contributed by atoms with Crippen LogP contribution in [0.2, 0.25) is 5.15 Å². The Kier molecular flexibility index (Phi) is 3.39. The van der Waals surface area contributed by atoms with Crippen molar-refractivity contribution in [2.45, 2.75) is 32.2 Å². The third-order valence-electron chi connectivity index (χ3n) is 4.11. The lowest BCUT2D eigenvalue weighted by Crippen LogP contribution is -2.50. The van der Waals surface area contributed by atoms with E-state index >= 15 is 0 Å². The maximum absolute atomic E-state index is 6.17. The van der Waals surface area contributed by atoms with Gasteiger partial charge in [-0.05, 0) is 25.8 Å². The highest BCUT2D eigenvalue weighted by Crippen LogP contribution is 2.28. The van der Waals surface area contributed by atoms with E-state index in [2.05, 4.69) is 26.7 Å². The first-order valence-corrected chi connectivity index (χ1v) is 7.15. The normalized spacial score (nSPS) is 24.3. The molecule has 3 rings (SSSR count). The first-order chi connectivity index (χ1) is 8.79. The fraction of sp³-hybridized carbons (Fsp3) is 0.692. The van der Waals surface area contributed by atoms with Gasteiger partial charge in [-0.25, -0.2) is 9.97 Å². The van der Waals surface area contributed by atoms with E-state index < -0.39 is 0 Å². The maximum atomic E-state index is 6.17. The summed E-state index contributed by atoms with van der Waals surface area (Å²) >= 11 is 6.17. The average molecular weight is 267 g/mol. The molecular weight excluding hydrogens is 248 g/mol. The molecule has 2 fully saturated rings. The van der Waals surface area contributed by atoms with Crippen LogP contribution in [0.1, 0.15) is 25.3 Å². The number of hydrogen-bond donors (Lipinski definition) is 0. The van der Waals surface area contributed by atoms with Crippen LogP contribution in [-0.4, -0.2) is 47.1 Å². The number of rotatable bonds is 2. The maximum Gasteiger partial charge on any atom is 0.137 e. The fourth-order valence-electron chi connectivity index (χ4n) is 3.14. The van der Waals surface area contributed by atoms with Crippen molar-refractivity contribution in [3.8, 4) is 0 Å². The Morgan fingerprint density at radius 1 is 1.33 bits per heavy atom. The Labute approximate surface area is 113 Å². The molecule has 0 amide bonds. The lowest BCUT2D eigenvalue weighted by Gasteiger charge is -2.38. The van der Waals surface area contributed by atoms with Gasteiger partial charge in [0.2, 0.25) is 0 Å². The van der Waals surface area contributed by atoms with Crippen LogP contribution in [0, 0.1) is 0 Å². The Morgan fingerprint density at radius 2 is 2.22 bits per heavy atom. The summed E-state index contributed by atoms with van der Waals surface area (Å²) in [7, 11) is 0. The van der Waals surface area contributed by atoms with Gasteiger partial charge in [0.25, 0.3) is 0 Å². The number of hydrogen-bond acceptors (Lipinski definition) is 4. The van der Waals surface area contributed by atoms with Gasteiger partial charge in [-0.1, -0.05) is 18.5 Å². The van der Waals surface area contributed by atoms with E-state index in [1.807, 2.05) is 0 Å². The van der Waals surface area contributed by atoms with Crippen LogP contribution in [0.3, 0.4) is 0 Å². The summed E-state index contributed by atoms with van der Waals surface area (Å²) in [6.45, 7) is 6.66. The van der Waals surface area contributed by atoms with Crippen molar-refractivity contribution in [3.63, 3.8) is 0 Å². The minimum Gasteiger partial charge on any atom is -0.353 e. The summed E-state index contributed by atoms with van der Waals surface area (Å²) < 4.78 is 0. The molecule has 2 saturated heterocycles. The summed E-state index contributed by atoms with van der Waals surface area (Å²) in [4.78, 5) is 13.5. The monoisotopic (exact) mass is 266 g/mol. The molecule has 0 aliphatic carbocycles. The highest BCUT2D eigenvalue weighted by Gasteiger charge is 2.31. The summed E-state index contributed by atoms with van der Waals surface area (Å²) in [5, 5.41) is 0.608. The molecular formula is C13H19ClN4. The Balaban J connectivity index is 1.84. The van der Waals surface area contributed by atoms with Crippen molar-refractivity contribution >= 4 is 17.4 Å². The lowest BCUT2D eigenvalue weighted by atomic mass is 10.1. The molecule has 18 heavy (non-hydrogen) atoms. The molecule has 3 heterocycles. The van der Waals surface area contributed by atoms with Gasteiger partial charge in [0.05, 0.1) is 0 Å². The first kappa shape index (κ1) is 12.2. The van der Waals surface area contributed by atoms with Crippen molar-refractivity contribution in [1.82, 2.24) is 14.9 Å². The molecule has 1 unspecified atom stereocenters. The van der Waals surface area contributed by atoms with Gasteiger partial charge in [0, 0.05) is 31.2 Å². The number of anilines is 1. The molecule has 0 N–H and O–H groups in total. The van der Waals surface area contributed by atoms with Crippen molar-refractivity contribution in [1.29, 1.82) is 0 Å². The zero-order chi connectivity index (χ0) is 12.5. The second kappa shape index (κ2) is 5.02. The van der Waals surface area contributed by atoms with Crippen LogP contribution >= 0.6 is 11.6 Å². The number of piperazine rings is 1. The molecule has 0 bridgehead atoms. The standard InChI is InChI=1S/C13H19ClN4/c1-2-11-12(14)15-9-16-13(11)18-7-6-17-5-3-4-10(17)8-18/h9-10H,2-8H2,1H3. The predicted octanol–water partition coefficient (Wildman–Crippen LogP) is 1.98. The molecule has 1 aromatic heterocycles. The van der Waals surface area contributed by atoms with Crippen LogP contribution in [0.4, 0.5) is 5.82 Å². The summed E-state index contributed by atoms with van der Waals surface area (Å²) in [6, 6.07) is 0.706. The third-order valence-corrected chi connectivity index (χ3v) is 4.44. The summed E-state index contributed by atoms with van der Waals surface area (Å²) in [5.74, 6) is 1.05. The zero-order valence-corrected chi connectivity index (χ0v) is 11.5. The lowest BCUT2D eigenvalue weighted by molar-refractivity contribution is 0.230. The summed E-state index contributed by atoms with van der Waals surface area (Å²) in [6.07, 6.45) is 5.12. The molecule has 98 valence electrons. The number of aromatic nitrogens is 2. The highest BCUT2D eigenvalue weighted by atomic mass is 35.5. The van der Waals surface area contributed by atoms with E-state index in [4.69, 9.17) is 11.6 Å². The smallest absolute Gasteiger partial charge is 0.137 e. The van der Waals surface area contributed by atoms with Crippen LogP contribution in [-0.2, 0) is 6.42 Å². The number of nitrogens with zero attached hydrogens (tertiary/aromatic N) is 4. The molecule has 2 aliphatic heterocycles. The van der Waals surface area contributed by atoms with Gasteiger partial charge in [0.1, 0.15) is 17.3 Å². The van der Waals surface area contributed by atoms with Crippen molar-refractivity contribution in [3.05, 3.63) is 17.0 Å². The third kappa shape index (κ3) is 2.08. The highest BCUT2D eigenvalue weighted by molar-refractivity contribution is 6.30. The van der Waals surface area contributed by atoms with Crippen molar-refractivity contribution in [2.75, 3.05) is 31.1 Å². The molecule has 5 heteroatoms. The molecule has 1 aromatic rings. The largest absolute Gasteiger partial charge is 0.353 e. The van der Waals surface area contributed by atoms with Gasteiger partial charge in [-0.3, -0.25) is 4.90 Å². The van der Waals surface area contributed by atoms with Gasteiger partial charge < -0.3 is 4.90 Å². The van der Waals surface area contributed by atoms with Gasteiger partial charge >= 0.3 is 0 Å². The van der Waals surface area contributed by atoms with Crippen LogP contribution in [0.25, 0.3) is 0 Å². The molecule has 0 radical (unpaired) electrons. The molecule has 4 nitrogen and oxygen atoms in total. The quantitative estimate of drug-likeness (QED) is 0.767. The van der Waals surface area contributed by atoms with E-state index in [1.165, 1.54) is 19.4 Å². The fourth-order valence-corrected chi connectivity index (χ4v) is 3.40. The van der Waals surface area contributed by atoms with E-state index in [0.717, 1.165) is 37.4 Å².